The Morgan fingerprint density at radius 3 is 2.94 bits per heavy atom. The van der Waals surface area contributed by atoms with Crippen LogP contribution in [-0.2, 0) is 9.53 Å². The third-order valence-corrected chi connectivity index (χ3v) is 2.39. The molecule has 0 saturated heterocycles. The topological polar surface area (TPSA) is 61.3 Å². The van der Waals surface area contributed by atoms with Crippen molar-refractivity contribution in [1.82, 2.24) is 9.97 Å². The lowest BCUT2D eigenvalue weighted by atomic mass is 10.2. The van der Waals surface area contributed by atoms with Crippen molar-refractivity contribution in [2.45, 2.75) is 12.8 Å². The van der Waals surface area contributed by atoms with Crippen LogP contribution in [0, 0.1) is 0 Å². The highest BCUT2D eigenvalue weighted by Crippen LogP contribution is 2.12. The van der Waals surface area contributed by atoms with Crippen LogP contribution in [0.2, 0.25) is 0 Å². The summed E-state index contributed by atoms with van der Waals surface area (Å²) in [6.07, 6.45) is 2.63. The Morgan fingerprint density at radius 2 is 2.29 bits per heavy atom. The van der Waals surface area contributed by atoms with Gasteiger partial charge in [-0.2, -0.15) is 0 Å². The second kappa shape index (κ2) is 7.01. The summed E-state index contributed by atoms with van der Waals surface area (Å²) in [7, 11) is 1.34. The molecule has 0 atom stereocenters. The molecule has 0 spiro atoms. The largest absolute Gasteiger partial charge is 0.478 e. The van der Waals surface area contributed by atoms with Crippen molar-refractivity contribution in [3.8, 4) is 5.88 Å². The third-order valence-electron chi connectivity index (χ3n) is 1.96. The van der Waals surface area contributed by atoms with E-state index in [9.17, 15) is 4.79 Å². The van der Waals surface area contributed by atoms with E-state index in [4.69, 9.17) is 4.74 Å². The first-order valence-corrected chi connectivity index (χ1v) is 5.79. The molecule has 17 heavy (non-hydrogen) atoms. The molecule has 0 bridgehead atoms. The molecule has 0 radical (unpaired) electrons. The lowest BCUT2D eigenvalue weighted by molar-refractivity contribution is -0.136. The fourth-order valence-electron chi connectivity index (χ4n) is 1.10. The van der Waals surface area contributed by atoms with Crippen molar-refractivity contribution in [3.05, 3.63) is 29.1 Å². The summed E-state index contributed by atoms with van der Waals surface area (Å²) in [5.41, 5.74) is 0.444. The van der Waals surface area contributed by atoms with Gasteiger partial charge in [0.1, 0.15) is 10.9 Å². The van der Waals surface area contributed by atoms with E-state index in [1.807, 2.05) is 0 Å². The molecule has 0 aromatic carbocycles. The molecule has 0 aliphatic rings. The van der Waals surface area contributed by atoms with Crippen molar-refractivity contribution in [2.24, 2.45) is 0 Å². The maximum absolute atomic E-state index is 11.0. The van der Waals surface area contributed by atoms with E-state index in [1.165, 1.54) is 13.4 Å². The summed E-state index contributed by atoms with van der Waals surface area (Å²) in [5, 5.41) is 0. The van der Waals surface area contributed by atoms with E-state index in [-0.39, 0.29) is 5.97 Å². The molecule has 0 N–H and O–H groups in total. The summed E-state index contributed by atoms with van der Waals surface area (Å²) in [6, 6.07) is 1.68. The molecule has 0 fully saturated rings. The first-order valence-electron chi connectivity index (χ1n) is 5.00. The molecule has 1 aromatic rings. The molecule has 6 heteroatoms. The Bertz CT molecular complexity index is 409. The average Bonchev–Trinajstić information content (AvgIpc) is 2.33. The molecular formula is C11H13BrN2O3. The third kappa shape index (κ3) is 4.95. The van der Waals surface area contributed by atoms with Gasteiger partial charge in [0.05, 0.1) is 13.7 Å². The van der Waals surface area contributed by atoms with Crippen molar-refractivity contribution < 1.29 is 14.3 Å². The van der Waals surface area contributed by atoms with Gasteiger partial charge in [-0.3, -0.25) is 0 Å². The van der Waals surface area contributed by atoms with Crippen LogP contribution in [0.25, 0.3) is 0 Å². The van der Waals surface area contributed by atoms with Crippen molar-refractivity contribution in [1.29, 1.82) is 0 Å². The molecule has 5 nitrogen and oxygen atoms in total. The number of aromatic nitrogens is 2. The average molecular weight is 301 g/mol. The van der Waals surface area contributed by atoms with E-state index in [2.05, 4.69) is 37.2 Å². The van der Waals surface area contributed by atoms with Gasteiger partial charge in [0.15, 0.2) is 0 Å². The number of esters is 1. The summed E-state index contributed by atoms with van der Waals surface area (Å²) < 4.78 is 10.6. The van der Waals surface area contributed by atoms with Gasteiger partial charge in [0.2, 0.25) is 5.88 Å². The predicted molar refractivity (Wildman–Crippen MR) is 65.6 cm³/mol. The van der Waals surface area contributed by atoms with Gasteiger partial charge >= 0.3 is 5.97 Å². The first-order chi connectivity index (χ1) is 8.13. The maximum Gasteiger partial charge on any atom is 0.333 e. The number of methoxy groups -OCH3 is 1. The van der Waals surface area contributed by atoms with Crippen LogP contribution in [-0.4, -0.2) is 29.7 Å². The van der Waals surface area contributed by atoms with E-state index in [1.54, 1.807) is 6.07 Å². The molecule has 92 valence electrons. The fourth-order valence-corrected chi connectivity index (χ4v) is 1.39. The highest BCUT2D eigenvalue weighted by atomic mass is 79.9. The number of carbonyl (C=O) groups excluding carboxylic acids is 1. The summed E-state index contributed by atoms with van der Waals surface area (Å²) in [5.74, 6) is 0.116. The Hall–Kier alpha value is -1.43. The van der Waals surface area contributed by atoms with Gasteiger partial charge in [0.25, 0.3) is 0 Å². The molecule has 0 saturated carbocycles. The minimum atomic E-state index is -0.380. The zero-order chi connectivity index (χ0) is 12.7. The molecule has 1 rings (SSSR count). The Labute approximate surface area is 108 Å². The second-order valence-electron chi connectivity index (χ2n) is 3.23. The number of rotatable bonds is 6. The Morgan fingerprint density at radius 1 is 1.53 bits per heavy atom. The van der Waals surface area contributed by atoms with Crippen molar-refractivity contribution in [3.63, 3.8) is 0 Å². The summed E-state index contributed by atoms with van der Waals surface area (Å²) in [4.78, 5) is 18.8. The predicted octanol–water partition coefficient (Wildman–Crippen LogP) is 2.13. The quantitative estimate of drug-likeness (QED) is 0.348. The van der Waals surface area contributed by atoms with Gasteiger partial charge in [-0.15, -0.1) is 0 Å². The van der Waals surface area contributed by atoms with E-state index in [0.717, 1.165) is 0 Å². The minimum Gasteiger partial charge on any atom is -0.478 e. The van der Waals surface area contributed by atoms with Gasteiger partial charge in [-0.05, 0) is 28.8 Å². The monoisotopic (exact) mass is 300 g/mol. The number of carbonyl (C=O) groups is 1. The molecule has 0 unspecified atom stereocenters. The SMILES string of the molecule is C=C(CCCOc1cc(Br)ncn1)C(=O)OC. The maximum atomic E-state index is 11.0. The smallest absolute Gasteiger partial charge is 0.333 e. The summed E-state index contributed by atoms with van der Waals surface area (Å²) in [6.45, 7) is 4.08. The number of halogens is 1. The normalized spacial score (nSPS) is 9.76. The first kappa shape index (κ1) is 13.6. The number of nitrogens with zero attached hydrogens (tertiary/aromatic N) is 2. The standard InChI is InChI=1S/C11H13BrN2O3/c1-8(11(15)16-2)4-3-5-17-10-6-9(12)13-7-14-10/h6-7H,1,3-5H2,2H3. The van der Waals surface area contributed by atoms with Crippen LogP contribution >= 0.6 is 15.9 Å². The number of hydrogen-bond donors (Lipinski definition) is 0. The minimum absolute atomic E-state index is 0.380. The molecular weight excluding hydrogens is 288 g/mol. The van der Waals surface area contributed by atoms with Crippen molar-refractivity contribution >= 4 is 21.9 Å². The molecule has 0 amide bonds. The highest BCUT2D eigenvalue weighted by molar-refractivity contribution is 9.10. The lowest BCUT2D eigenvalue weighted by Crippen LogP contribution is -2.06. The van der Waals surface area contributed by atoms with Crippen LogP contribution < -0.4 is 4.74 Å². The van der Waals surface area contributed by atoms with Crippen molar-refractivity contribution in [2.75, 3.05) is 13.7 Å². The number of ether oxygens (including phenoxy) is 2. The highest BCUT2D eigenvalue weighted by Gasteiger charge is 2.06. The van der Waals surface area contributed by atoms with Crippen LogP contribution in [0.5, 0.6) is 5.88 Å². The van der Waals surface area contributed by atoms with Gasteiger partial charge in [-0.1, -0.05) is 6.58 Å². The van der Waals surface area contributed by atoms with Gasteiger partial charge in [-0.25, -0.2) is 14.8 Å². The molecule has 1 aromatic heterocycles. The lowest BCUT2D eigenvalue weighted by Gasteiger charge is -2.05. The van der Waals surface area contributed by atoms with E-state index in [0.29, 0.717) is 35.5 Å². The van der Waals surface area contributed by atoms with Crippen LogP contribution in [0.3, 0.4) is 0 Å². The second-order valence-corrected chi connectivity index (χ2v) is 4.04. The Kier molecular flexibility index (Phi) is 5.62. The van der Waals surface area contributed by atoms with Crippen LogP contribution in [0.4, 0.5) is 0 Å². The summed E-state index contributed by atoms with van der Waals surface area (Å²) >= 11 is 3.22. The van der Waals surface area contributed by atoms with E-state index >= 15 is 0 Å². The fraction of sp³-hybridized carbons (Fsp3) is 0.364. The number of hydrogen-bond acceptors (Lipinski definition) is 5. The molecule has 0 aliphatic heterocycles. The Balaban J connectivity index is 2.25. The zero-order valence-electron chi connectivity index (χ0n) is 9.48. The van der Waals surface area contributed by atoms with Gasteiger partial charge < -0.3 is 9.47 Å². The zero-order valence-corrected chi connectivity index (χ0v) is 11.1. The van der Waals surface area contributed by atoms with Gasteiger partial charge in [0, 0.05) is 11.6 Å². The van der Waals surface area contributed by atoms with Crippen LogP contribution in [0.1, 0.15) is 12.8 Å². The van der Waals surface area contributed by atoms with Crippen LogP contribution in [0.15, 0.2) is 29.1 Å². The molecule has 1 heterocycles. The molecule has 0 aliphatic carbocycles. The van der Waals surface area contributed by atoms with E-state index < -0.39 is 0 Å².